The van der Waals surface area contributed by atoms with Crippen molar-refractivity contribution in [1.29, 1.82) is 0 Å². The number of hydrogen-bond donors (Lipinski definition) is 1. The molecule has 1 aliphatic heterocycles. The van der Waals surface area contributed by atoms with Gasteiger partial charge < -0.3 is 24.6 Å². The SMILES string of the molecule is COc1ccc(OC)c(C(C)NC(=O)N2CCN(c3ccc(C(C)=O)cc3F)CC2)c1. The Morgan fingerprint density at radius 1 is 1.03 bits per heavy atom. The molecule has 1 N–H and O–H groups in total. The minimum absolute atomic E-state index is 0.172. The molecule has 0 radical (unpaired) electrons. The number of urea groups is 1. The van der Waals surface area contributed by atoms with Gasteiger partial charge in [-0.15, -0.1) is 0 Å². The minimum Gasteiger partial charge on any atom is -0.497 e. The third-order valence-corrected chi connectivity index (χ3v) is 5.51. The molecule has 166 valence electrons. The van der Waals surface area contributed by atoms with Gasteiger partial charge >= 0.3 is 6.03 Å². The molecule has 31 heavy (non-hydrogen) atoms. The van der Waals surface area contributed by atoms with Crippen molar-refractivity contribution in [2.24, 2.45) is 0 Å². The second-order valence-electron chi connectivity index (χ2n) is 7.48. The second kappa shape index (κ2) is 9.68. The zero-order chi connectivity index (χ0) is 22.5. The summed E-state index contributed by atoms with van der Waals surface area (Å²) in [5.74, 6) is 0.754. The molecule has 1 aliphatic rings. The van der Waals surface area contributed by atoms with E-state index in [1.165, 1.54) is 13.0 Å². The van der Waals surface area contributed by atoms with E-state index in [9.17, 15) is 14.0 Å². The summed E-state index contributed by atoms with van der Waals surface area (Å²) in [6, 6.07) is 9.49. The number of anilines is 1. The van der Waals surface area contributed by atoms with Crippen LogP contribution in [0.4, 0.5) is 14.9 Å². The fourth-order valence-electron chi connectivity index (χ4n) is 3.66. The number of ether oxygens (including phenoxy) is 2. The number of amides is 2. The fourth-order valence-corrected chi connectivity index (χ4v) is 3.66. The highest BCUT2D eigenvalue weighted by molar-refractivity contribution is 5.94. The van der Waals surface area contributed by atoms with Crippen LogP contribution in [0.15, 0.2) is 36.4 Å². The fraction of sp³-hybridized carbons (Fsp3) is 0.391. The number of hydrogen-bond acceptors (Lipinski definition) is 5. The Bertz CT molecular complexity index is 958. The van der Waals surface area contributed by atoms with Gasteiger partial charge in [-0.3, -0.25) is 4.79 Å². The highest BCUT2D eigenvalue weighted by atomic mass is 19.1. The van der Waals surface area contributed by atoms with E-state index in [-0.39, 0.29) is 17.9 Å². The molecule has 1 fully saturated rings. The molecule has 0 bridgehead atoms. The minimum atomic E-state index is -0.427. The molecule has 0 aliphatic carbocycles. The number of methoxy groups -OCH3 is 2. The smallest absolute Gasteiger partial charge is 0.317 e. The zero-order valence-corrected chi connectivity index (χ0v) is 18.3. The van der Waals surface area contributed by atoms with Gasteiger partial charge in [-0.2, -0.15) is 0 Å². The number of piperazine rings is 1. The maximum Gasteiger partial charge on any atom is 0.317 e. The van der Waals surface area contributed by atoms with Crippen LogP contribution in [-0.4, -0.2) is 57.1 Å². The Balaban J connectivity index is 1.61. The molecule has 2 amide bonds. The van der Waals surface area contributed by atoms with Gasteiger partial charge in [0.05, 0.1) is 25.9 Å². The van der Waals surface area contributed by atoms with Gasteiger partial charge in [-0.1, -0.05) is 0 Å². The molecule has 1 heterocycles. The number of benzene rings is 2. The standard InChI is InChI=1S/C23H28FN3O4/c1-15(19-14-18(30-3)6-8-22(19)31-4)25-23(29)27-11-9-26(10-12-27)21-7-5-17(16(2)28)13-20(21)24/h5-8,13-15H,9-12H2,1-4H3,(H,25,29). The first-order chi connectivity index (χ1) is 14.8. The lowest BCUT2D eigenvalue weighted by atomic mass is 10.1. The Hall–Kier alpha value is -3.29. The van der Waals surface area contributed by atoms with E-state index in [2.05, 4.69) is 5.32 Å². The van der Waals surface area contributed by atoms with Gasteiger partial charge in [-0.05, 0) is 50.2 Å². The van der Waals surface area contributed by atoms with Gasteiger partial charge in [0.15, 0.2) is 5.78 Å². The van der Waals surface area contributed by atoms with Crippen LogP contribution in [0.2, 0.25) is 0 Å². The summed E-state index contributed by atoms with van der Waals surface area (Å²) < 4.78 is 25.1. The van der Waals surface area contributed by atoms with Crippen molar-refractivity contribution in [3.05, 3.63) is 53.3 Å². The predicted octanol–water partition coefficient (Wildman–Crippen LogP) is 3.64. The average Bonchev–Trinajstić information content (AvgIpc) is 2.78. The van der Waals surface area contributed by atoms with Crippen molar-refractivity contribution in [2.45, 2.75) is 19.9 Å². The zero-order valence-electron chi connectivity index (χ0n) is 18.3. The van der Waals surface area contributed by atoms with E-state index in [1.54, 1.807) is 37.3 Å². The van der Waals surface area contributed by atoms with Crippen LogP contribution in [0.1, 0.15) is 35.8 Å². The van der Waals surface area contributed by atoms with Crippen LogP contribution < -0.4 is 19.7 Å². The van der Waals surface area contributed by atoms with Crippen molar-refractivity contribution in [3.63, 3.8) is 0 Å². The average molecular weight is 429 g/mol. The summed E-state index contributed by atoms with van der Waals surface area (Å²) in [6.07, 6.45) is 0. The molecule has 1 unspecified atom stereocenters. The lowest BCUT2D eigenvalue weighted by Crippen LogP contribution is -2.52. The molecule has 3 rings (SSSR count). The summed E-state index contributed by atoms with van der Waals surface area (Å²) in [7, 11) is 3.17. The van der Waals surface area contributed by atoms with Crippen LogP contribution in [0, 0.1) is 5.82 Å². The molecular formula is C23H28FN3O4. The topological polar surface area (TPSA) is 71.1 Å². The quantitative estimate of drug-likeness (QED) is 0.710. The van der Waals surface area contributed by atoms with Crippen molar-refractivity contribution in [1.82, 2.24) is 10.2 Å². The highest BCUT2D eigenvalue weighted by Gasteiger charge is 2.25. The Kier molecular flexibility index (Phi) is 6.99. The molecule has 2 aromatic carbocycles. The molecule has 0 saturated carbocycles. The Morgan fingerprint density at radius 2 is 1.74 bits per heavy atom. The molecule has 8 heteroatoms. The first kappa shape index (κ1) is 22.4. The molecule has 2 aromatic rings. The number of nitrogens with zero attached hydrogens (tertiary/aromatic N) is 2. The molecule has 0 aromatic heterocycles. The number of ketones is 1. The highest BCUT2D eigenvalue weighted by Crippen LogP contribution is 2.29. The van der Waals surface area contributed by atoms with Crippen LogP contribution in [0.5, 0.6) is 11.5 Å². The van der Waals surface area contributed by atoms with E-state index >= 15 is 0 Å². The van der Waals surface area contributed by atoms with E-state index in [0.717, 1.165) is 5.56 Å². The number of carbonyl (C=O) groups excluding carboxylic acids is 2. The molecule has 0 spiro atoms. The van der Waals surface area contributed by atoms with Gasteiger partial charge in [0.1, 0.15) is 17.3 Å². The van der Waals surface area contributed by atoms with Crippen LogP contribution in [-0.2, 0) is 0 Å². The first-order valence-corrected chi connectivity index (χ1v) is 10.2. The van der Waals surface area contributed by atoms with Crippen molar-refractivity contribution < 1.29 is 23.5 Å². The van der Waals surface area contributed by atoms with E-state index < -0.39 is 5.82 Å². The number of carbonyl (C=O) groups is 2. The van der Waals surface area contributed by atoms with Crippen LogP contribution >= 0.6 is 0 Å². The largest absolute Gasteiger partial charge is 0.497 e. The maximum atomic E-state index is 14.4. The summed E-state index contributed by atoms with van der Waals surface area (Å²) in [5.41, 5.74) is 1.61. The number of halogens is 1. The first-order valence-electron chi connectivity index (χ1n) is 10.2. The monoisotopic (exact) mass is 429 g/mol. The summed E-state index contributed by atoms with van der Waals surface area (Å²) in [4.78, 5) is 27.8. The van der Waals surface area contributed by atoms with Crippen molar-refractivity contribution in [3.8, 4) is 11.5 Å². The Labute approximate surface area is 181 Å². The number of nitrogens with one attached hydrogen (secondary N) is 1. The Morgan fingerprint density at radius 3 is 2.32 bits per heavy atom. The van der Waals surface area contributed by atoms with Gasteiger partial charge in [0, 0.05) is 37.3 Å². The molecule has 1 atom stereocenters. The summed E-state index contributed by atoms with van der Waals surface area (Å²) >= 11 is 0. The molecular weight excluding hydrogens is 401 g/mol. The predicted molar refractivity (Wildman–Crippen MR) is 117 cm³/mol. The third kappa shape index (κ3) is 5.07. The maximum absolute atomic E-state index is 14.4. The third-order valence-electron chi connectivity index (χ3n) is 5.51. The number of Topliss-reactive ketones (excluding diaryl/α,β-unsaturated/α-hetero) is 1. The van der Waals surface area contributed by atoms with Gasteiger partial charge in [0.2, 0.25) is 0 Å². The van der Waals surface area contributed by atoms with Gasteiger partial charge in [-0.25, -0.2) is 9.18 Å². The van der Waals surface area contributed by atoms with E-state index in [0.29, 0.717) is 48.9 Å². The molecule has 1 saturated heterocycles. The normalized spacial score (nSPS) is 14.7. The van der Waals surface area contributed by atoms with Gasteiger partial charge in [0.25, 0.3) is 0 Å². The van der Waals surface area contributed by atoms with Crippen molar-refractivity contribution >= 4 is 17.5 Å². The van der Waals surface area contributed by atoms with Crippen molar-refractivity contribution in [2.75, 3.05) is 45.3 Å². The molecule has 7 nitrogen and oxygen atoms in total. The van der Waals surface area contributed by atoms with Crippen LogP contribution in [0.3, 0.4) is 0 Å². The summed E-state index contributed by atoms with van der Waals surface area (Å²) in [5, 5.41) is 3.00. The summed E-state index contributed by atoms with van der Waals surface area (Å²) in [6.45, 7) is 5.22. The lowest BCUT2D eigenvalue weighted by molar-refractivity contribution is 0.101. The second-order valence-corrected chi connectivity index (χ2v) is 7.48. The van der Waals surface area contributed by atoms with E-state index in [1.807, 2.05) is 24.0 Å². The van der Waals surface area contributed by atoms with E-state index in [4.69, 9.17) is 9.47 Å². The number of rotatable bonds is 6. The lowest BCUT2D eigenvalue weighted by Gasteiger charge is -2.36. The van der Waals surface area contributed by atoms with Crippen LogP contribution in [0.25, 0.3) is 0 Å².